The third kappa shape index (κ3) is 2.99. The van der Waals surface area contributed by atoms with Crippen molar-refractivity contribution in [3.8, 4) is 6.07 Å². The Bertz CT molecular complexity index is 369. The molecule has 1 aromatic carbocycles. The molecular weight excluding hydrogens is 184 g/mol. The van der Waals surface area contributed by atoms with E-state index in [-0.39, 0.29) is 5.41 Å². The van der Waals surface area contributed by atoms with Crippen LogP contribution in [0.2, 0.25) is 0 Å². The van der Waals surface area contributed by atoms with E-state index in [4.69, 9.17) is 5.26 Å². The number of nitriles is 1. The summed E-state index contributed by atoms with van der Waals surface area (Å²) in [6.45, 7) is 8.67. The highest BCUT2D eigenvalue weighted by Crippen LogP contribution is 2.24. The monoisotopic (exact) mass is 202 g/mol. The number of anilines is 1. The van der Waals surface area contributed by atoms with Crippen molar-refractivity contribution in [1.82, 2.24) is 0 Å². The highest BCUT2D eigenvalue weighted by Gasteiger charge is 2.20. The number of nitrogens with zero attached hydrogens (tertiary/aromatic N) is 1. The molecule has 1 atom stereocenters. The van der Waals surface area contributed by atoms with Crippen LogP contribution in [0, 0.1) is 16.7 Å². The quantitative estimate of drug-likeness (QED) is 0.797. The minimum Gasteiger partial charge on any atom is -0.381 e. The van der Waals surface area contributed by atoms with Crippen LogP contribution >= 0.6 is 0 Å². The molecule has 0 radical (unpaired) electrons. The van der Waals surface area contributed by atoms with Crippen molar-refractivity contribution in [2.24, 2.45) is 5.41 Å². The van der Waals surface area contributed by atoms with E-state index in [2.05, 4.69) is 39.1 Å². The lowest BCUT2D eigenvalue weighted by atomic mass is 9.88. The van der Waals surface area contributed by atoms with Crippen LogP contribution in [0.4, 0.5) is 5.69 Å². The maximum atomic E-state index is 8.94. The van der Waals surface area contributed by atoms with Crippen molar-refractivity contribution in [3.63, 3.8) is 0 Å². The largest absolute Gasteiger partial charge is 0.381 e. The van der Waals surface area contributed by atoms with E-state index >= 15 is 0 Å². The summed E-state index contributed by atoms with van der Waals surface area (Å²) in [5, 5.41) is 12.3. The van der Waals surface area contributed by atoms with Crippen molar-refractivity contribution >= 4 is 5.69 Å². The van der Waals surface area contributed by atoms with Crippen LogP contribution in [0.1, 0.15) is 33.3 Å². The first-order valence-corrected chi connectivity index (χ1v) is 5.21. The van der Waals surface area contributed by atoms with E-state index in [9.17, 15) is 0 Å². The van der Waals surface area contributed by atoms with Gasteiger partial charge >= 0.3 is 0 Å². The molecule has 15 heavy (non-hydrogen) atoms. The van der Waals surface area contributed by atoms with Gasteiger partial charge in [0.2, 0.25) is 0 Å². The summed E-state index contributed by atoms with van der Waals surface area (Å²) in [4.78, 5) is 0. The maximum absolute atomic E-state index is 8.94. The van der Waals surface area contributed by atoms with E-state index in [0.717, 1.165) is 5.69 Å². The lowest BCUT2D eigenvalue weighted by Crippen LogP contribution is -2.31. The molecule has 1 aromatic rings. The average molecular weight is 202 g/mol. The summed E-state index contributed by atoms with van der Waals surface area (Å²) in [5.74, 6) is 0. The first kappa shape index (κ1) is 11.6. The predicted octanol–water partition coefficient (Wildman–Crippen LogP) is 3.40. The van der Waals surface area contributed by atoms with Gasteiger partial charge in [0.15, 0.2) is 0 Å². The van der Waals surface area contributed by atoms with Crippen molar-refractivity contribution in [2.45, 2.75) is 33.7 Å². The summed E-state index contributed by atoms with van der Waals surface area (Å²) in [5.41, 5.74) is 1.80. The van der Waals surface area contributed by atoms with Gasteiger partial charge < -0.3 is 5.32 Å². The molecule has 0 saturated heterocycles. The first-order chi connectivity index (χ1) is 6.95. The molecule has 1 rings (SSSR count). The maximum Gasteiger partial charge on any atom is 0.101 e. The Kier molecular flexibility index (Phi) is 3.36. The number of nitrogens with one attached hydrogen (secondary N) is 1. The van der Waals surface area contributed by atoms with Crippen LogP contribution in [-0.2, 0) is 0 Å². The van der Waals surface area contributed by atoms with Crippen LogP contribution in [0.15, 0.2) is 24.3 Å². The second kappa shape index (κ2) is 4.35. The summed E-state index contributed by atoms with van der Waals surface area (Å²) in [7, 11) is 0. The van der Waals surface area contributed by atoms with Gasteiger partial charge in [-0.05, 0) is 24.5 Å². The highest BCUT2D eigenvalue weighted by molar-refractivity contribution is 5.57. The van der Waals surface area contributed by atoms with Crippen LogP contribution in [0.5, 0.6) is 0 Å². The van der Waals surface area contributed by atoms with Gasteiger partial charge in [-0.25, -0.2) is 0 Å². The van der Waals surface area contributed by atoms with Crippen molar-refractivity contribution in [3.05, 3.63) is 29.8 Å². The number of hydrogen-bond donors (Lipinski definition) is 1. The SMILES string of the molecule is CC(Nc1ccccc1C#N)C(C)(C)C. The van der Waals surface area contributed by atoms with Gasteiger partial charge in [-0.2, -0.15) is 5.26 Å². The average Bonchev–Trinajstić information content (AvgIpc) is 2.17. The third-order valence-electron chi connectivity index (χ3n) is 2.72. The van der Waals surface area contributed by atoms with E-state index in [1.54, 1.807) is 0 Å². The molecular formula is C13H18N2. The van der Waals surface area contributed by atoms with Crippen LogP contribution in [0.3, 0.4) is 0 Å². The van der Waals surface area contributed by atoms with Gasteiger partial charge in [0, 0.05) is 6.04 Å². The zero-order valence-corrected chi connectivity index (χ0v) is 9.83. The van der Waals surface area contributed by atoms with Crippen LogP contribution < -0.4 is 5.32 Å². The van der Waals surface area contributed by atoms with E-state index in [0.29, 0.717) is 11.6 Å². The molecule has 0 bridgehead atoms. The molecule has 2 heteroatoms. The molecule has 1 unspecified atom stereocenters. The van der Waals surface area contributed by atoms with E-state index < -0.39 is 0 Å². The van der Waals surface area contributed by atoms with E-state index in [1.165, 1.54) is 0 Å². The minimum absolute atomic E-state index is 0.183. The lowest BCUT2D eigenvalue weighted by Gasteiger charge is -2.29. The summed E-state index contributed by atoms with van der Waals surface area (Å²) in [6, 6.07) is 10.1. The van der Waals surface area contributed by atoms with Crippen LogP contribution in [0.25, 0.3) is 0 Å². The van der Waals surface area contributed by atoms with Gasteiger partial charge in [0.1, 0.15) is 6.07 Å². The second-order valence-electron chi connectivity index (χ2n) is 4.89. The number of para-hydroxylation sites is 1. The Morgan fingerprint density at radius 1 is 1.27 bits per heavy atom. The van der Waals surface area contributed by atoms with Crippen molar-refractivity contribution in [2.75, 3.05) is 5.32 Å². The zero-order chi connectivity index (χ0) is 11.5. The second-order valence-corrected chi connectivity index (χ2v) is 4.89. The fraction of sp³-hybridized carbons (Fsp3) is 0.462. The molecule has 0 heterocycles. The van der Waals surface area contributed by atoms with E-state index in [1.807, 2.05) is 24.3 Å². The van der Waals surface area contributed by atoms with Crippen molar-refractivity contribution in [1.29, 1.82) is 5.26 Å². The number of rotatable bonds is 2. The fourth-order valence-electron chi connectivity index (χ4n) is 1.16. The number of hydrogen-bond acceptors (Lipinski definition) is 2. The molecule has 0 aliphatic carbocycles. The Morgan fingerprint density at radius 2 is 1.87 bits per heavy atom. The molecule has 0 saturated carbocycles. The van der Waals surface area contributed by atoms with Gasteiger partial charge in [-0.3, -0.25) is 0 Å². The topological polar surface area (TPSA) is 35.8 Å². The van der Waals surface area contributed by atoms with Gasteiger partial charge in [0.25, 0.3) is 0 Å². The molecule has 80 valence electrons. The molecule has 0 fully saturated rings. The summed E-state index contributed by atoms with van der Waals surface area (Å²) in [6.07, 6.45) is 0. The zero-order valence-electron chi connectivity index (χ0n) is 9.83. The molecule has 0 aromatic heterocycles. The Hall–Kier alpha value is -1.49. The smallest absolute Gasteiger partial charge is 0.101 e. The Balaban J connectivity index is 2.86. The number of benzene rings is 1. The summed E-state index contributed by atoms with van der Waals surface area (Å²) < 4.78 is 0. The highest BCUT2D eigenvalue weighted by atomic mass is 14.9. The van der Waals surface area contributed by atoms with Crippen molar-refractivity contribution < 1.29 is 0 Å². The first-order valence-electron chi connectivity index (χ1n) is 5.21. The molecule has 0 spiro atoms. The van der Waals surface area contributed by atoms with Gasteiger partial charge in [-0.15, -0.1) is 0 Å². The third-order valence-corrected chi connectivity index (χ3v) is 2.72. The lowest BCUT2D eigenvalue weighted by molar-refractivity contribution is 0.359. The molecule has 2 nitrogen and oxygen atoms in total. The molecule has 0 aliphatic rings. The minimum atomic E-state index is 0.183. The predicted molar refractivity (Wildman–Crippen MR) is 63.7 cm³/mol. The Morgan fingerprint density at radius 3 is 2.40 bits per heavy atom. The molecule has 1 N–H and O–H groups in total. The van der Waals surface area contributed by atoms with Gasteiger partial charge in [-0.1, -0.05) is 32.9 Å². The van der Waals surface area contributed by atoms with Gasteiger partial charge in [0.05, 0.1) is 11.3 Å². The molecule has 0 amide bonds. The fourth-order valence-corrected chi connectivity index (χ4v) is 1.16. The standard InChI is InChI=1S/C13H18N2/c1-10(13(2,3)4)15-12-8-6-5-7-11(12)9-14/h5-8,10,15H,1-4H3. The summed E-state index contributed by atoms with van der Waals surface area (Å²) >= 11 is 0. The molecule has 0 aliphatic heterocycles. The van der Waals surface area contributed by atoms with Crippen LogP contribution in [-0.4, -0.2) is 6.04 Å². The Labute approximate surface area is 91.9 Å². The normalized spacial score (nSPS) is 13.0.